The normalized spacial score (nSPS) is 17.8. The Morgan fingerprint density at radius 3 is 2.57 bits per heavy atom. The van der Waals surface area contributed by atoms with Crippen molar-refractivity contribution in [2.24, 2.45) is 11.7 Å². The minimum atomic E-state index is -0.886. The molecule has 0 aromatic carbocycles. The fraction of sp³-hybridized carbons (Fsp3) is 0.778. The third-order valence-electron chi connectivity index (χ3n) is 2.52. The number of hydrogen-bond acceptors (Lipinski definition) is 4. The number of nitrogens with one attached hydrogen (secondary N) is 1. The highest BCUT2D eigenvalue weighted by Crippen LogP contribution is 2.34. The number of rotatable bonds is 7. The van der Waals surface area contributed by atoms with Gasteiger partial charge in [-0.05, 0) is 12.3 Å². The van der Waals surface area contributed by atoms with Crippen molar-refractivity contribution in [2.45, 2.75) is 38.1 Å². The van der Waals surface area contributed by atoms with Gasteiger partial charge < -0.3 is 5.73 Å². The molecule has 1 amide bonds. The highest BCUT2D eigenvalue weighted by molar-refractivity contribution is 7.78. The van der Waals surface area contributed by atoms with Crippen molar-refractivity contribution in [1.82, 2.24) is 4.72 Å². The van der Waals surface area contributed by atoms with Crippen LogP contribution in [0.2, 0.25) is 0 Å². The first-order chi connectivity index (χ1) is 6.65. The van der Waals surface area contributed by atoms with Crippen LogP contribution >= 0.6 is 12.8 Å². The van der Waals surface area contributed by atoms with Crippen molar-refractivity contribution in [2.75, 3.05) is 0 Å². The highest BCUT2D eigenvalue weighted by atomic mass is 32.1. The fourth-order valence-electron chi connectivity index (χ4n) is 1.44. The second-order valence-corrected chi connectivity index (χ2v) is 4.04. The minimum absolute atomic E-state index is 0.519. The van der Waals surface area contributed by atoms with Gasteiger partial charge in [-0.15, -0.1) is 0 Å². The molecule has 0 radical (unpaired) electrons. The molecule has 4 nitrogen and oxygen atoms in total. The van der Waals surface area contributed by atoms with Gasteiger partial charge in [0.05, 0.1) is 6.04 Å². The van der Waals surface area contributed by atoms with E-state index in [1.54, 1.807) is 0 Å². The third kappa shape index (κ3) is 3.67. The van der Waals surface area contributed by atoms with Crippen LogP contribution in [-0.4, -0.2) is 17.7 Å². The van der Waals surface area contributed by atoms with Crippen molar-refractivity contribution in [3.05, 3.63) is 0 Å². The zero-order valence-electron chi connectivity index (χ0n) is 8.03. The summed E-state index contributed by atoms with van der Waals surface area (Å²) in [5, 5.41) is 0. The average Bonchev–Trinajstić information content (AvgIpc) is 2.95. The van der Waals surface area contributed by atoms with Gasteiger partial charge in [-0.3, -0.25) is 14.3 Å². The van der Waals surface area contributed by atoms with E-state index in [-0.39, 0.29) is 0 Å². The number of thiol groups is 1. The Hall–Kier alpha value is -0.550. The van der Waals surface area contributed by atoms with E-state index in [1.165, 1.54) is 12.8 Å². The molecule has 14 heavy (non-hydrogen) atoms. The summed E-state index contributed by atoms with van der Waals surface area (Å²) >= 11 is 3.81. The molecule has 3 N–H and O–H groups in total. The van der Waals surface area contributed by atoms with Gasteiger partial charge in [0.15, 0.2) is 0 Å². The molecule has 0 bridgehead atoms. The molecule has 1 atom stereocenters. The maximum Gasteiger partial charge on any atom is 0.286 e. The largest absolute Gasteiger partial charge is 0.363 e. The molecule has 80 valence electrons. The fourth-order valence-corrected chi connectivity index (χ4v) is 1.69. The van der Waals surface area contributed by atoms with Crippen LogP contribution in [0, 0.1) is 5.92 Å². The summed E-state index contributed by atoms with van der Waals surface area (Å²) < 4.78 is 2.52. The summed E-state index contributed by atoms with van der Waals surface area (Å²) in [6, 6.07) is -0.519. The zero-order chi connectivity index (χ0) is 10.6. The summed E-state index contributed by atoms with van der Waals surface area (Å²) in [4.78, 5) is 21.8. The van der Waals surface area contributed by atoms with Crippen LogP contribution in [0.4, 0.5) is 0 Å². The molecule has 0 heterocycles. The van der Waals surface area contributed by atoms with Crippen LogP contribution in [0.15, 0.2) is 0 Å². The number of Topliss-reactive ketones (excluding diaryl/α,β-unsaturated/α-hetero) is 1. The topological polar surface area (TPSA) is 72.2 Å². The van der Waals surface area contributed by atoms with Crippen molar-refractivity contribution in [3.8, 4) is 0 Å². The van der Waals surface area contributed by atoms with Gasteiger partial charge in [0.2, 0.25) is 5.78 Å². The van der Waals surface area contributed by atoms with E-state index in [4.69, 9.17) is 5.73 Å². The molecule has 1 aliphatic rings. The van der Waals surface area contributed by atoms with Gasteiger partial charge in [-0.1, -0.05) is 38.5 Å². The highest BCUT2D eigenvalue weighted by Gasteiger charge is 2.24. The number of carbonyl (C=O) groups is 2. The first-order valence-corrected chi connectivity index (χ1v) is 5.33. The monoisotopic (exact) mass is 216 g/mol. The van der Waals surface area contributed by atoms with Crippen LogP contribution in [0.5, 0.6) is 0 Å². The molecular weight excluding hydrogens is 200 g/mol. The van der Waals surface area contributed by atoms with E-state index in [2.05, 4.69) is 17.5 Å². The predicted octanol–water partition coefficient (Wildman–Crippen LogP) is 0.424. The lowest BCUT2D eigenvalue weighted by atomic mass is 10.0. The Morgan fingerprint density at radius 2 is 2.14 bits per heavy atom. The summed E-state index contributed by atoms with van der Waals surface area (Å²) in [6.07, 6.45) is 5.34. The zero-order valence-corrected chi connectivity index (χ0v) is 8.93. The number of nitrogens with two attached hydrogens (primary N) is 1. The average molecular weight is 216 g/mol. The lowest BCUT2D eigenvalue weighted by molar-refractivity contribution is -0.137. The van der Waals surface area contributed by atoms with Gasteiger partial charge in [0.25, 0.3) is 5.91 Å². The van der Waals surface area contributed by atoms with Crippen LogP contribution in [0.25, 0.3) is 0 Å². The van der Waals surface area contributed by atoms with E-state index in [0.717, 1.165) is 18.8 Å². The van der Waals surface area contributed by atoms with Crippen molar-refractivity contribution in [3.63, 3.8) is 0 Å². The first-order valence-electron chi connectivity index (χ1n) is 4.88. The van der Waals surface area contributed by atoms with E-state index >= 15 is 0 Å². The maximum absolute atomic E-state index is 11.2. The smallest absolute Gasteiger partial charge is 0.286 e. The van der Waals surface area contributed by atoms with E-state index < -0.39 is 17.7 Å². The van der Waals surface area contributed by atoms with Crippen molar-refractivity contribution < 1.29 is 9.59 Å². The van der Waals surface area contributed by atoms with Gasteiger partial charge in [0.1, 0.15) is 0 Å². The predicted molar refractivity (Wildman–Crippen MR) is 56.7 cm³/mol. The standard InChI is InChI=1S/C9H16N2O2S/c10-9(13)8(12)7(11-14)3-1-2-6-4-5-6/h6-7,11,14H,1-5H2,(H2,10,13). The Labute approximate surface area is 89.2 Å². The molecule has 0 aromatic rings. The molecule has 1 rings (SSSR count). The molecule has 0 aromatic heterocycles. The van der Waals surface area contributed by atoms with Crippen molar-refractivity contribution in [1.29, 1.82) is 0 Å². The molecule has 0 aliphatic heterocycles. The van der Waals surface area contributed by atoms with Gasteiger partial charge in [-0.25, -0.2) is 0 Å². The second kappa shape index (κ2) is 5.36. The number of ketones is 1. The molecule has 1 aliphatic carbocycles. The quantitative estimate of drug-likeness (QED) is 0.427. The summed E-state index contributed by atoms with van der Waals surface area (Å²) in [5.41, 5.74) is 4.89. The Balaban J connectivity index is 2.22. The lowest BCUT2D eigenvalue weighted by Gasteiger charge is -2.11. The summed E-state index contributed by atoms with van der Waals surface area (Å²) in [5.74, 6) is -0.613. The molecule has 1 fully saturated rings. The number of amides is 1. The van der Waals surface area contributed by atoms with Crippen LogP contribution in [0.1, 0.15) is 32.1 Å². The van der Waals surface area contributed by atoms with E-state index in [0.29, 0.717) is 6.42 Å². The van der Waals surface area contributed by atoms with Crippen LogP contribution in [-0.2, 0) is 9.59 Å². The molecule has 1 saturated carbocycles. The minimum Gasteiger partial charge on any atom is -0.363 e. The Kier molecular flexibility index (Phi) is 4.41. The lowest BCUT2D eigenvalue weighted by Crippen LogP contribution is -2.39. The van der Waals surface area contributed by atoms with E-state index in [9.17, 15) is 9.59 Å². The Morgan fingerprint density at radius 1 is 1.50 bits per heavy atom. The third-order valence-corrected chi connectivity index (χ3v) is 2.83. The van der Waals surface area contributed by atoms with Crippen LogP contribution < -0.4 is 10.5 Å². The Bertz CT molecular complexity index is 229. The first kappa shape index (κ1) is 11.5. The van der Waals surface area contributed by atoms with Gasteiger partial charge >= 0.3 is 0 Å². The maximum atomic E-state index is 11.2. The molecule has 1 unspecified atom stereocenters. The van der Waals surface area contributed by atoms with Crippen molar-refractivity contribution >= 4 is 24.5 Å². The summed E-state index contributed by atoms with van der Waals surface area (Å²) in [6.45, 7) is 0. The summed E-state index contributed by atoms with van der Waals surface area (Å²) in [7, 11) is 0. The number of hydrogen-bond donors (Lipinski definition) is 3. The molecule has 0 spiro atoms. The van der Waals surface area contributed by atoms with Gasteiger partial charge in [0, 0.05) is 0 Å². The second-order valence-electron chi connectivity index (χ2n) is 3.78. The molecule has 0 saturated heterocycles. The van der Waals surface area contributed by atoms with Gasteiger partial charge in [-0.2, -0.15) is 0 Å². The van der Waals surface area contributed by atoms with E-state index in [1.807, 2.05) is 0 Å². The molecule has 5 heteroatoms. The SMILES string of the molecule is NC(=O)C(=O)C(CCCC1CC1)NS. The van der Waals surface area contributed by atoms with Crippen LogP contribution in [0.3, 0.4) is 0 Å². The number of primary amides is 1. The molecular formula is C9H16N2O2S. The number of carbonyl (C=O) groups excluding carboxylic acids is 2.